The maximum absolute atomic E-state index is 12.1. The normalized spacial score (nSPS) is 10.4. The lowest BCUT2D eigenvalue weighted by atomic mass is 10.1. The zero-order chi connectivity index (χ0) is 16.3. The Bertz CT molecular complexity index is 721. The molecule has 0 saturated carbocycles. The van der Waals surface area contributed by atoms with Crippen molar-refractivity contribution in [1.82, 2.24) is 0 Å². The lowest BCUT2D eigenvalue weighted by Gasteiger charge is -2.07. The Hall–Kier alpha value is -1.66. The van der Waals surface area contributed by atoms with Crippen LogP contribution < -0.4 is 4.74 Å². The molecule has 1 aromatic heterocycles. The fraction of sp³-hybridized carbons (Fsp3) is 0.250. The van der Waals surface area contributed by atoms with Gasteiger partial charge in [0.25, 0.3) is 0 Å². The summed E-state index contributed by atoms with van der Waals surface area (Å²) in [6, 6.07) is 6.68. The van der Waals surface area contributed by atoms with E-state index in [0.29, 0.717) is 21.3 Å². The minimum atomic E-state index is -0.540. The van der Waals surface area contributed by atoms with E-state index in [1.807, 2.05) is 19.9 Å². The van der Waals surface area contributed by atoms with Crippen LogP contribution in [0.2, 0.25) is 0 Å². The Labute approximate surface area is 141 Å². The van der Waals surface area contributed by atoms with Crippen molar-refractivity contribution in [2.45, 2.75) is 13.8 Å². The van der Waals surface area contributed by atoms with E-state index in [4.69, 9.17) is 9.47 Å². The summed E-state index contributed by atoms with van der Waals surface area (Å²) in [5.41, 5.74) is 0.977. The molecule has 0 unspecified atom stereocenters. The lowest BCUT2D eigenvalue weighted by Crippen LogP contribution is -2.14. The first kappa shape index (κ1) is 16.7. The highest BCUT2D eigenvalue weighted by molar-refractivity contribution is 9.10. The second kappa shape index (κ2) is 7.07. The number of ketones is 1. The largest absolute Gasteiger partial charge is 0.496 e. The Kier molecular flexibility index (Phi) is 5.37. The molecule has 0 fully saturated rings. The molecule has 1 heterocycles. The predicted octanol–water partition coefficient (Wildman–Crippen LogP) is 4.18. The minimum absolute atomic E-state index is 0.192. The summed E-state index contributed by atoms with van der Waals surface area (Å²) in [6.07, 6.45) is 0. The summed E-state index contributed by atoms with van der Waals surface area (Å²) < 4.78 is 10.8. The zero-order valence-electron chi connectivity index (χ0n) is 12.4. The maximum Gasteiger partial charge on any atom is 0.338 e. The van der Waals surface area contributed by atoms with Crippen molar-refractivity contribution in [3.8, 4) is 5.75 Å². The second-order valence-corrected chi connectivity index (χ2v) is 6.99. The Morgan fingerprint density at radius 1 is 1.23 bits per heavy atom. The third kappa shape index (κ3) is 3.75. The van der Waals surface area contributed by atoms with Crippen LogP contribution in [0.5, 0.6) is 5.75 Å². The van der Waals surface area contributed by atoms with Crippen LogP contribution in [0.4, 0.5) is 0 Å². The van der Waals surface area contributed by atoms with Gasteiger partial charge in [0.2, 0.25) is 5.78 Å². The molecule has 0 spiro atoms. The van der Waals surface area contributed by atoms with Crippen LogP contribution in [0, 0.1) is 13.8 Å². The molecular weight excluding hydrogens is 368 g/mol. The number of hydrogen-bond acceptors (Lipinski definition) is 5. The first-order chi connectivity index (χ1) is 10.4. The number of hydrogen-bond donors (Lipinski definition) is 0. The maximum atomic E-state index is 12.1. The number of carbonyl (C=O) groups is 2. The van der Waals surface area contributed by atoms with Crippen LogP contribution in [0.15, 0.2) is 28.7 Å². The highest BCUT2D eigenvalue weighted by Crippen LogP contribution is 2.26. The number of halogens is 1. The number of thiophene rings is 1. The highest BCUT2D eigenvalue weighted by Gasteiger charge is 2.16. The lowest BCUT2D eigenvalue weighted by molar-refractivity contribution is 0.0474. The van der Waals surface area contributed by atoms with Gasteiger partial charge >= 0.3 is 5.97 Å². The molecule has 0 atom stereocenters. The van der Waals surface area contributed by atoms with Crippen molar-refractivity contribution >= 4 is 39.0 Å². The number of ether oxygens (including phenoxy) is 2. The van der Waals surface area contributed by atoms with Crippen molar-refractivity contribution in [2.75, 3.05) is 13.7 Å². The molecule has 4 nitrogen and oxygen atoms in total. The summed E-state index contributed by atoms with van der Waals surface area (Å²) in [5.74, 6) is -0.110. The van der Waals surface area contributed by atoms with Gasteiger partial charge in [0, 0.05) is 15.3 Å². The molecule has 0 N–H and O–H groups in total. The number of methoxy groups -OCH3 is 1. The van der Waals surface area contributed by atoms with Gasteiger partial charge in [0.05, 0.1) is 17.1 Å². The molecule has 0 aliphatic carbocycles. The second-order valence-electron chi connectivity index (χ2n) is 4.68. The van der Waals surface area contributed by atoms with Crippen LogP contribution >= 0.6 is 27.3 Å². The van der Waals surface area contributed by atoms with Gasteiger partial charge in [-0.25, -0.2) is 4.79 Å². The van der Waals surface area contributed by atoms with Gasteiger partial charge in [-0.1, -0.05) is 0 Å². The molecule has 0 saturated heterocycles. The average Bonchev–Trinajstić information content (AvgIpc) is 2.83. The summed E-state index contributed by atoms with van der Waals surface area (Å²) >= 11 is 4.86. The Balaban J connectivity index is 2.02. The molecule has 0 aliphatic rings. The summed E-state index contributed by atoms with van der Waals surface area (Å²) in [5, 5.41) is 0. The molecule has 0 radical (unpaired) electrons. The number of Topliss-reactive ketones (excluding diaryl/α,β-unsaturated/α-hetero) is 1. The van der Waals surface area contributed by atoms with Crippen LogP contribution in [0.25, 0.3) is 0 Å². The van der Waals surface area contributed by atoms with E-state index in [2.05, 4.69) is 15.9 Å². The smallest absolute Gasteiger partial charge is 0.338 e. The molecule has 0 amide bonds. The fourth-order valence-corrected chi connectivity index (χ4v) is 3.48. The van der Waals surface area contributed by atoms with Crippen LogP contribution in [0.1, 0.15) is 30.5 Å². The summed E-state index contributed by atoms with van der Waals surface area (Å²) in [7, 11) is 1.54. The average molecular weight is 383 g/mol. The van der Waals surface area contributed by atoms with Gasteiger partial charge < -0.3 is 9.47 Å². The molecule has 116 valence electrons. The molecule has 0 aliphatic heterocycles. The fourth-order valence-electron chi connectivity index (χ4n) is 1.99. The van der Waals surface area contributed by atoms with Crippen LogP contribution in [-0.4, -0.2) is 25.5 Å². The van der Waals surface area contributed by atoms with Crippen molar-refractivity contribution in [3.05, 3.63) is 49.6 Å². The van der Waals surface area contributed by atoms with E-state index in [1.54, 1.807) is 36.6 Å². The minimum Gasteiger partial charge on any atom is -0.496 e. The van der Waals surface area contributed by atoms with E-state index in [1.165, 1.54) is 0 Å². The highest BCUT2D eigenvalue weighted by atomic mass is 79.9. The summed E-state index contributed by atoms with van der Waals surface area (Å²) in [4.78, 5) is 26.1. The molecule has 22 heavy (non-hydrogen) atoms. The molecule has 6 heteroatoms. The van der Waals surface area contributed by atoms with E-state index in [9.17, 15) is 9.59 Å². The van der Waals surface area contributed by atoms with Gasteiger partial charge in [-0.15, -0.1) is 11.3 Å². The first-order valence-corrected chi connectivity index (χ1v) is 8.14. The van der Waals surface area contributed by atoms with Crippen molar-refractivity contribution in [3.63, 3.8) is 0 Å². The number of aryl methyl sites for hydroxylation is 2. The van der Waals surface area contributed by atoms with Crippen molar-refractivity contribution in [2.24, 2.45) is 0 Å². The quantitative estimate of drug-likeness (QED) is 0.574. The topological polar surface area (TPSA) is 52.6 Å². The number of benzene rings is 1. The Morgan fingerprint density at radius 3 is 2.50 bits per heavy atom. The zero-order valence-corrected chi connectivity index (χ0v) is 14.8. The van der Waals surface area contributed by atoms with Gasteiger partial charge in [-0.05, 0) is 54.0 Å². The molecule has 1 aromatic carbocycles. The SMILES string of the molecule is COc1ccc(C(=O)OCC(=O)c2cc(C)sc2C)cc1Br. The van der Waals surface area contributed by atoms with E-state index >= 15 is 0 Å². The third-order valence-electron chi connectivity index (χ3n) is 3.06. The Morgan fingerprint density at radius 2 is 1.95 bits per heavy atom. The summed E-state index contributed by atoms with van der Waals surface area (Å²) in [6.45, 7) is 3.56. The van der Waals surface area contributed by atoms with Gasteiger partial charge in [0.15, 0.2) is 6.61 Å². The number of rotatable bonds is 5. The van der Waals surface area contributed by atoms with Crippen molar-refractivity contribution < 1.29 is 19.1 Å². The molecule has 2 rings (SSSR count). The molecule has 0 bridgehead atoms. The first-order valence-electron chi connectivity index (χ1n) is 6.53. The third-order valence-corrected chi connectivity index (χ3v) is 4.65. The van der Waals surface area contributed by atoms with Gasteiger partial charge in [-0.2, -0.15) is 0 Å². The van der Waals surface area contributed by atoms with Gasteiger partial charge in [-0.3, -0.25) is 4.79 Å². The van der Waals surface area contributed by atoms with E-state index in [-0.39, 0.29) is 12.4 Å². The molecule has 2 aromatic rings. The van der Waals surface area contributed by atoms with E-state index < -0.39 is 5.97 Å². The van der Waals surface area contributed by atoms with E-state index in [0.717, 1.165) is 9.75 Å². The van der Waals surface area contributed by atoms with Crippen LogP contribution in [0.3, 0.4) is 0 Å². The standard InChI is InChI=1S/C16H15BrO4S/c1-9-6-12(10(2)22-9)14(18)8-21-16(19)11-4-5-15(20-3)13(17)7-11/h4-7H,8H2,1-3H3. The predicted molar refractivity (Wildman–Crippen MR) is 89.1 cm³/mol. The monoisotopic (exact) mass is 382 g/mol. The molecular formula is C16H15BrO4S. The van der Waals surface area contributed by atoms with Gasteiger partial charge in [0.1, 0.15) is 5.75 Å². The number of carbonyl (C=O) groups excluding carboxylic acids is 2. The number of esters is 1. The van der Waals surface area contributed by atoms with Crippen molar-refractivity contribution in [1.29, 1.82) is 0 Å². The van der Waals surface area contributed by atoms with Crippen LogP contribution in [-0.2, 0) is 4.74 Å².